The Morgan fingerprint density at radius 3 is 2.30 bits per heavy atom. The van der Waals surface area contributed by atoms with Crippen LogP contribution < -0.4 is 10.2 Å². The molecule has 23 heavy (non-hydrogen) atoms. The second-order valence-corrected chi connectivity index (χ2v) is 7.74. The van der Waals surface area contributed by atoms with Gasteiger partial charge in [-0.15, -0.1) is 12.3 Å². The molecule has 2 nitrogen and oxygen atoms in total. The summed E-state index contributed by atoms with van der Waals surface area (Å²) >= 11 is 0. The van der Waals surface area contributed by atoms with Crippen LogP contribution in [0.4, 0.5) is 5.69 Å². The standard InChI is InChI=1S/C21H32N2/c1-6-8-18(7-2)22-19-13-15-23(16-14-19)20-11-9-17(10-12-20)21(3,4)5/h1,9-12,18-19,22H,7-8,13-16H2,2-5H3/t18-/m0/s1. The number of benzene rings is 1. The van der Waals surface area contributed by atoms with Gasteiger partial charge >= 0.3 is 0 Å². The maximum atomic E-state index is 5.45. The minimum Gasteiger partial charge on any atom is -0.371 e. The molecule has 2 heteroatoms. The first-order chi connectivity index (χ1) is 10.9. The van der Waals surface area contributed by atoms with Crippen LogP contribution in [0, 0.1) is 12.3 Å². The van der Waals surface area contributed by atoms with E-state index in [1.54, 1.807) is 0 Å². The molecule has 0 bridgehead atoms. The van der Waals surface area contributed by atoms with E-state index in [-0.39, 0.29) is 5.41 Å². The van der Waals surface area contributed by atoms with Crippen LogP contribution in [-0.4, -0.2) is 25.2 Å². The summed E-state index contributed by atoms with van der Waals surface area (Å²) in [5, 5.41) is 3.74. The summed E-state index contributed by atoms with van der Waals surface area (Å²) in [6.45, 7) is 11.2. The third-order valence-corrected chi connectivity index (χ3v) is 4.92. The molecule has 0 saturated carbocycles. The lowest BCUT2D eigenvalue weighted by Crippen LogP contribution is -2.46. The van der Waals surface area contributed by atoms with Crippen LogP contribution >= 0.6 is 0 Å². The highest BCUT2D eigenvalue weighted by molar-refractivity contribution is 5.49. The van der Waals surface area contributed by atoms with Crippen molar-refractivity contribution in [1.82, 2.24) is 5.32 Å². The van der Waals surface area contributed by atoms with Gasteiger partial charge in [-0.05, 0) is 42.4 Å². The lowest BCUT2D eigenvalue weighted by molar-refractivity contribution is 0.362. The maximum absolute atomic E-state index is 5.45. The minimum atomic E-state index is 0.224. The van der Waals surface area contributed by atoms with Crippen LogP contribution in [0.3, 0.4) is 0 Å². The summed E-state index contributed by atoms with van der Waals surface area (Å²) in [5.41, 5.74) is 2.98. The Morgan fingerprint density at radius 2 is 1.83 bits per heavy atom. The molecule has 1 aliphatic heterocycles. The van der Waals surface area contributed by atoms with Gasteiger partial charge in [0.2, 0.25) is 0 Å². The van der Waals surface area contributed by atoms with E-state index in [1.807, 2.05) is 0 Å². The highest BCUT2D eigenvalue weighted by Gasteiger charge is 2.21. The fourth-order valence-electron chi connectivity index (χ4n) is 3.27. The minimum absolute atomic E-state index is 0.224. The Morgan fingerprint density at radius 1 is 1.22 bits per heavy atom. The van der Waals surface area contributed by atoms with Crippen LogP contribution in [0.15, 0.2) is 24.3 Å². The molecule has 1 heterocycles. The van der Waals surface area contributed by atoms with Crippen molar-refractivity contribution < 1.29 is 0 Å². The SMILES string of the molecule is C#CC[C@H](CC)NC1CCN(c2ccc(C(C)(C)C)cc2)CC1. The van der Waals surface area contributed by atoms with Gasteiger partial charge in [0.1, 0.15) is 0 Å². The van der Waals surface area contributed by atoms with Crippen molar-refractivity contribution in [2.45, 2.75) is 70.9 Å². The van der Waals surface area contributed by atoms with Gasteiger partial charge in [-0.25, -0.2) is 0 Å². The Bertz CT molecular complexity index is 510. The van der Waals surface area contributed by atoms with Gasteiger partial charge in [0, 0.05) is 37.3 Å². The summed E-state index contributed by atoms with van der Waals surface area (Å²) in [4.78, 5) is 2.51. The lowest BCUT2D eigenvalue weighted by atomic mass is 9.87. The molecule has 1 fully saturated rings. The molecule has 1 N–H and O–H groups in total. The number of rotatable bonds is 5. The average molecular weight is 313 g/mol. The van der Waals surface area contributed by atoms with E-state index in [2.05, 4.69) is 68.1 Å². The Labute approximate surface area is 142 Å². The lowest BCUT2D eigenvalue weighted by Gasteiger charge is -2.35. The zero-order chi connectivity index (χ0) is 16.9. The number of hydrogen-bond donors (Lipinski definition) is 1. The van der Waals surface area contributed by atoms with Crippen molar-refractivity contribution in [1.29, 1.82) is 0 Å². The zero-order valence-electron chi connectivity index (χ0n) is 15.2. The van der Waals surface area contributed by atoms with Crippen molar-refractivity contribution in [2.75, 3.05) is 18.0 Å². The predicted molar refractivity (Wildman–Crippen MR) is 101 cm³/mol. The number of nitrogens with one attached hydrogen (secondary N) is 1. The second-order valence-electron chi connectivity index (χ2n) is 7.74. The van der Waals surface area contributed by atoms with Crippen LogP contribution in [0.2, 0.25) is 0 Å². The first-order valence-corrected chi connectivity index (χ1v) is 8.99. The van der Waals surface area contributed by atoms with Gasteiger partial charge in [0.05, 0.1) is 0 Å². The second kappa shape index (κ2) is 7.88. The normalized spacial score (nSPS) is 17.8. The van der Waals surface area contributed by atoms with Gasteiger partial charge in [0.25, 0.3) is 0 Å². The predicted octanol–water partition coefficient (Wildman–Crippen LogP) is 4.34. The number of terminal acetylenes is 1. The molecule has 0 aliphatic carbocycles. The Balaban J connectivity index is 1.88. The van der Waals surface area contributed by atoms with E-state index in [0.29, 0.717) is 12.1 Å². The molecular formula is C21H32N2. The van der Waals surface area contributed by atoms with E-state index in [0.717, 1.165) is 25.9 Å². The molecule has 0 radical (unpaired) electrons. The summed E-state index contributed by atoms with van der Waals surface area (Å²) in [5.74, 6) is 2.79. The zero-order valence-corrected chi connectivity index (χ0v) is 15.2. The largest absolute Gasteiger partial charge is 0.371 e. The van der Waals surface area contributed by atoms with Gasteiger partial charge in [-0.2, -0.15) is 0 Å². The van der Waals surface area contributed by atoms with Gasteiger partial charge in [0.15, 0.2) is 0 Å². The molecule has 126 valence electrons. The highest BCUT2D eigenvalue weighted by atomic mass is 15.1. The first kappa shape index (κ1) is 17.9. The Kier molecular flexibility index (Phi) is 6.13. The number of hydrogen-bond acceptors (Lipinski definition) is 2. The molecule has 1 atom stereocenters. The van der Waals surface area contributed by atoms with Gasteiger partial charge < -0.3 is 10.2 Å². The highest BCUT2D eigenvalue weighted by Crippen LogP contribution is 2.26. The molecule has 0 unspecified atom stereocenters. The van der Waals surface area contributed by atoms with E-state index in [9.17, 15) is 0 Å². The first-order valence-electron chi connectivity index (χ1n) is 8.99. The quantitative estimate of drug-likeness (QED) is 0.813. The van der Waals surface area contributed by atoms with E-state index in [1.165, 1.54) is 24.1 Å². The summed E-state index contributed by atoms with van der Waals surface area (Å²) < 4.78 is 0. The fourth-order valence-corrected chi connectivity index (χ4v) is 3.27. The van der Waals surface area contributed by atoms with Crippen molar-refractivity contribution in [3.05, 3.63) is 29.8 Å². The van der Waals surface area contributed by atoms with Crippen LogP contribution in [0.1, 0.15) is 58.9 Å². The van der Waals surface area contributed by atoms with E-state index >= 15 is 0 Å². The molecule has 1 aliphatic rings. The maximum Gasteiger partial charge on any atom is 0.0366 e. The summed E-state index contributed by atoms with van der Waals surface area (Å²) in [6.07, 6.45) is 9.79. The van der Waals surface area contributed by atoms with Crippen molar-refractivity contribution in [3.8, 4) is 12.3 Å². The van der Waals surface area contributed by atoms with Gasteiger partial charge in [-0.1, -0.05) is 39.8 Å². The third kappa shape index (κ3) is 5.01. The van der Waals surface area contributed by atoms with Crippen molar-refractivity contribution >= 4 is 5.69 Å². The molecule has 1 saturated heterocycles. The molecule has 0 aromatic heterocycles. The number of nitrogens with zero attached hydrogens (tertiary/aromatic N) is 1. The van der Waals surface area contributed by atoms with E-state index in [4.69, 9.17) is 6.42 Å². The molecule has 2 rings (SSSR count). The smallest absolute Gasteiger partial charge is 0.0366 e. The fraction of sp³-hybridized carbons (Fsp3) is 0.619. The van der Waals surface area contributed by atoms with Crippen LogP contribution in [0.5, 0.6) is 0 Å². The number of anilines is 1. The third-order valence-electron chi connectivity index (χ3n) is 4.92. The Hall–Kier alpha value is -1.46. The van der Waals surface area contributed by atoms with Gasteiger partial charge in [-0.3, -0.25) is 0 Å². The molecular weight excluding hydrogens is 280 g/mol. The summed E-state index contributed by atoms with van der Waals surface area (Å²) in [7, 11) is 0. The number of piperidine rings is 1. The van der Waals surface area contributed by atoms with Crippen molar-refractivity contribution in [2.24, 2.45) is 0 Å². The molecule has 1 aromatic rings. The van der Waals surface area contributed by atoms with Crippen molar-refractivity contribution in [3.63, 3.8) is 0 Å². The average Bonchev–Trinajstić information content (AvgIpc) is 2.54. The monoisotopic (exact) mass is 312 g/mol. The molecule has 0 spiro atoms. The topological polar surface area (TPSA) is 15.3 Å². The van der Waals surface area contributed by atoms with Crippen LogP contribution in [0.25, 0.3) is 0 Å². The molecule has 0 amide bonds. The summed E-state index contributed by atoms with van der Waals surface area (Å²) in [6, 6.07) is 10.2. The van der Waals surface area contributed by atoms with Crippen LogP contribution in [-0.2, 0) is 5.41 Å². The van der Waals surface area contributed by atoms with E-state index < -0.39 is 0 Å². The molecule has 1 aromatic carbocycles.